The molecular formula is C16H19F2N3O. The van der Waals surface area contributed by atoms with Crippen molar-refractivity contribution in [1.29, 1.82) is 0 Å². The second-order valence-electron chi connectivity index (χ2n) is 5.46. The number of aromatic nitrogens is 2. The molecule has 0 aliphatic rings. The summed E-state index contributed by atoms with van der Waals surface area (Å²) in [5.41, 5.74) is 0.636. The second-order valence-corrected chi connectivity index (χ2v) is 5.46. The Kier molecular flexibility index (Phi) is 4.90. The molecular weight excluding hydrogens is 288 g/mol. The lowest BCUT2D eigenvalue weighted by molar-refractivity contribution is -0.131. The fourth-order valence-electron chi connectivity index (χ4n) is 2.28. The van der Waals surface area contributed by atoms with Gasteiger partial charge in [0.15, 0.2) is 11.6 Å². The first-order chi connectivity index (χ1) is 10.4. The number of carbonyl (C=O) groups excluding carboxylic acids is 1. The summed E-state index contributed by atoms with van der Waals surface area (Å²) in [4.78, 5) is 17.6. The van der Waals surface area contributed by atoms with E-state index >= 15 is 0 Å². The molecule has 0 saturated carbocycles. The minimum atomic E-state index is -0.869. The highest BCUT2D eigenvalue weighted by molar-refractivity contribution is 5.73. The van der Waals surface area contributed by atoms with E-state index in [4.69, 9.17) is 0 Å². The van der Waals surface area contributed by atoms with Crippen molar-refractivity contribution < 1.29 is 13.6 Å². The van der Waals surface area contributed by atoms with E-state index in [-0.39, 0.29) is 11.9 Å². The third kappa shape index (κ3) is 3.69. The first kappa shape index (κ1) is 16.1. The van der Waals surface area contributed by atoms with E-state index in [9.17, 15) is 13.6 Å². The van der Waals surface area contributed by atoms with Gasteiger partial charge in [0.05, 0.1) is 6.54 Å². The smallest absolute Gasteiger partial charge is 0.220 e. The number of carbonyl (C=O) groups is 1. The Bertz CT molecular complexity index is 667. The van der Waals surface area contributed by atoms with Crippen LogP contribution in [0.2, 0.25) is 0 Å². The van der Waals surface area contributed by atoms with Crippen LogP contribution in [0.3, 0.4) is 0 Å². The van der Waals surface area contributed by atoms with Gasteiger partial charge in [-0.1, -0.05) is 6.07 Å². The van der Waals surface area contributed by atoms with Crippen molar-refractivity contribution >= 4 is 5.91 Å². The average molecular weight is 307 g/mol. The first-order valence-corrected chi connectivity index (χ1v) is 7.09. The number of nitrogens with zero attached hydrogens (tertiary/aromatic N) is 3. The van der Waals surface area contributed by atoms with Crippen LogP contribution in [0.1, 0.15) is 32.2 Å². The number of hydrogen-bond donors (Lipinski definition) is 0. The maximum atomic E-state index is 13.3. The van der Waals surface area contributed by atoms with Crippen LogP contribution in [-0.2, 0) is 17.9 Å². The van der Waals surface area contributed by atoms with Crippen molar-refractivity contribution in [2.45, 2.75) is 39.9 Å². The van der Waals surface area contributed by atoms with Crippen LogP contribution < -0.4 is 0 Å². The molecule has 0 N–H and O–H groups in total. The molecule has 0 aliphatic carbocycles. The summed E-state index contributed by atoms with van der Waals surface area (Å²) < 4.78 is 28.1. The van der Waals surface area contributed by atoms with E-state index < -0.39 is 11.6 Å². The number of imidazole rings is 1. The molecule has 6 heteroatoms. The quantitative estimate of drug-likeness (QED) is 0.852. The van der Waals surface area contributed by atoms with Crippen molar-refractivity contribution in [3.05, 3.63) is 53.6 Å². The monoisotopic (exact) mass is 307 g/mol. The Morgan fingerprint density at radius 3 is 2.64 bits per heavy atom. The lowest BCUT2D eigenvalue weighted by atomic mass is 10.2. The molecule has 0 saturated heterocycles. The largest absolute Gasteiger partial charge is 0.333 e. The molecule has 2 aromatic rings. The van der Waals surface area contributed by atoms with Gasteiger partial charge in [-0.15, -0.1) is 0 Å². The highest BCUT2D eigenvalue weighted by Crippen LogP contribution is 2.13. The van der Waals surface area contributed by atoms with E-state index in [2.05, 4.69) is 4.98 Å². The zero-order valence-electron chi connectivity index (χ0n) is 12.9. The zero-order valence-corrected chi connectivity index (χ0v) is 12.9. The van der Waals surface area contributed by atoms with Crippen LogP contribution in [0, 0.1) is 11.6 Å². The van der Waals surface area contributed by atoms with Crippen LogP contribution in [0.4, 0.5) is 8.78 Å². The summed E-state index contributed by atoms with van der Waals surface area (Å²) in [7, 11) is 0. The van der Waals surface area contributed by atoms with Gasteiger partial charge in [-0.05, 0) is 31.5 Å². The third-order valence-corrected chi connectivity index (χ3v) is 3.48. The highest BCUT2D eigenvalue weighted by atomic mass is 19.2. The van der Waals surface area contributed by atoms with Gasteiger partial charge in [0.1, 0.15) is 5.82 Å². The van der Waals surface area contributed by atoms with Gasteiger partial charge in [-0.25, -0.2) is 13.8 Å². The normalized spacial score (nSPS) is 11.0. The number of halogens is 2. The summed E-state index contributed by atoms with van der Waals surface area (Å²) in [5, 5.41) is 0. The van der Waals surface area contributed by atoms with Gasteiger partial charge in [-0.2, -0.15) is 0 Å². The number of rotatable bonds is 5. The van der Waals surface area contributed by atoms with Gasteiger partial charge in [0, 0.05) is 31.9 Å². The molecule has 22 heavy (non-hydrogen) atoms. The Morgan fingerprint density at radius 2 is 2.05 bits per heavy atom. The van der Waals surface area contributed by atoms with Crippen LogP contribution in [0.15, 0.2) is 30.6 Å². The van der Waals surface area contributed by atoms with Crippen molar-refractivity contribution in [3.8, 4) is 0 Å². The molecule has 0 fully saturated rings. The Balaban J connectivity index is 2.18. The molecule has 0 radical (unpaired) electrons. The second kappa shape index (κ2) is 6.68. The van der Waals surface area contributed by atoms with Crippen LogP contribution in [0.5, 0.6) is 0 Å². The molecule has 4 nitrogen and oxygen atoms in total. The summed E-state index contributed by atoms with van der Waals surface area (Å²) in [5.74, 6) is -1.06. The predicted octanol–water partition coefficient (Wildman–Crippen LogP) is 2.97. The van der Waals surface area contributed by atoms with Gasteiger partial charge in [-0.3, -0.25) is 4.79 Å². The van der Waals surface area contributed by atoms with Crippen molar-refractivity contribution in [2.24, 2.45) is 0 Å². The maximum absolute atomic E-state index is 13.3. The van der Waals surface area contributed by atoms with Gasteiger partial charge in [0.25, 0.3) is 0 Å². The molecule has 1 amide bonds. The van der Waals surface area contributed by atoms with E-state index in [1.54, 1.807) is 17.3 Å². The van der Waals surface area contributed by atoms with E-state index in [0.717, 1.165) is 6.07 Å². The summed E-state index contributed by atoms with van der Waals surface area (Å²) in [6.07, 6.45) is 3.39. The fourth-order valence-corrected chi connectivity index (χ4v) is 2.28. The van der Waals surface area contributed by atoms with Crippen molar-refractivity contribution in [3.63, 3.8) is 0 Å². The van der Waals surface area contributed by atoms with Gasteiger partial charge >= 0.3 is 0 Å². The molecule has 118 valence electrons. The minimum absolute atomic E-state index is 0.0302. The third-order valence-electron chi connectivity index (χ3n) is 3.48. The van der Waals surface area contributed by atoms with E-state index in [0.29, 0.717) is 24.5 Å². The molecule has 1 aromatic heterocycles. The van der Waals surface area contributed by atoms with E-state index in [1.807, 2.05) is 18.4 Å². The fraction of sp³-hybridized carbons (Fsp3) is 0.375. The maximum Gasteiger partial charge on any atom is 0.220 e. The van der Waals surface area contributed by atoms with Gasteiger partial charge in [0.2, 0.25) is 5.91 Å². The zero-order chi connectivity index (χ0) is 16.3. The molecule has 1 heterocycles. The number of hydrogen-bond acceptors (Lipinski definition) is 2. The standard InChI is InChI=1S/C16H19F2N3O/c1-11(2)21(12(3)22)10-16-19-6-7-20(16)9-13-4-5-14(17)15(18)8-13/h4-8,11H,9-10H2,1-3H3. The Hall–Kier alpha value is -2.24. The highest BCUT2D eigenvalue weighted by Gasteiger charge is 2.16. The van der Waals surface area contributed by atoms with Crippen LogP contribution in [-0.4, -0.2) is 26.4 Å². The molecule has 1 aromatic carbocycles. The average Bonchev–Trinajstić information content (AvgIpc) is 2.86. The predicted molar refractivity (Wildman–Crippen MR) is 79.0 cm³/mol. The topological polar surface area (TPSA) is 38.1 Å². The summed E-state index contributed by atoms with van der Waals surface area (Å²) in [6.45, 7) is 6.14. The van der Waals surface area contributed by atoms with Crippen molar-refractivity contribution in [1.82, 2.24) is 14.5 Å². The lowest BCUT2D eigenvalue weighted by Crippen LogP contribution is -2.35. The summed E-state index contributed by atoms with van der Waals surface area (Å²) in [6, 6.07) is 3.88. The Labute approximate surface area is 128 Å². The molecule has 0 aliphatic heterocycles. The van der Waals surface area contributed by atoms with Crippen LogP contribution in [0.25, 0.3) is 0 Å². The van der Waals surface area contributed by atoms with Gasteiger partial charge < -0.3 is 9.47 Å². The minimum Gasteiger partial charge on any atom is -0.333 e. The SMILES string of the molecule is CC(=O)N(Cc1nccn1Cc1ccc(F)c(F)c1)C(C)C. The first-order valence-electron chi connectivity index (χ1n) is 7.09. The Morgan fingerprint density at radius 1 is 1.32 bits per heavy atom. The lowest BCUT2D eigenvalue weighted by Gasteiger charge is -2.25. The molecule has 0 bridgehead atoms. The molecule has 2 rings (SSSR count). The van der Waals surface area contributed by atoms with E-state index in [1.165, 1.54) is 19.1 Å². The summed E-state index contributed by atoms with van der Waals surface area (Å²) >= 11 is 0. The van der Waals surface area contributed by atoms with Crippen LogP contribution >= 0.6 is 0 Å². The number of benzene rings is 1. The molecule has 0 spiro atoms. The molecule has 0 unspecified atom stereocenters. The number of amides is 1. The molecule has 0 atom stereocenters. The van der Waals surface area contributed by atoms with Crippen molar-refractivity contribution in [2.75, 3.05) is 0 Å².